The summed E-state index contributed by atoms with van der Waals surface area (Å²) in [7, 11) is 0. The van der Waals surface area contributed by atoms with E-state index >= 15 is 0 Å². The molecule has 0 saturated heterocycles. The Bertz CT molecular complexity index is 1700. The Hall–Kier alpha value is -3.81. The van der Waals surface area contributed by atoms with E-state index in [9.17, 15) is 105 Å². The summed E-state index contributed by atoms with van der Waals surface area (Å²) in [5, 5.41) is 0. The molecule has 0 nitrogen and oxygen atoms in total. The summed E-state index contributed by atoms with van der Waals surface area (Å²) in [5.41, 5.74) is -30.2. The van der Waals surface area contributed by atoms with Crippen LogP contribution in [0.25, 0.3) is 0 Å². The molecule has 0 aliphatic carbocycles. The summed E-state index contributed by atoms with van der Waals surface area (Å²) in [4.78, 5) is 0. The van der Waals surface area contributed by atoms with Crippen molar-refractivity contribution in [2.75, 3.05) is 0 Å². The van der Waals surface area contributed by atoms with Crippen molar-refractivity contribution in [3.05, 3.63) is 117 Å². The van der Waals surface area contributed by atoms with Crippen LogP contribution in [0.5, 0.6) is 0 Å². The molecule has 0 radical (unpaired) electrons. The van der Waals surface area contributed by atoms with Crippen LogP contribution < -0.4 is 21.9 Å². The minimum absolute atomic E-state index is 0. The second-order valence-electron chi connectivity index (χ2n) is 12.2. The van der Waals surface area contributed by atoms with E-state index in [1.165, 1.54) is 0 Å². The predicted molar refractivity (Wildman–Crippen MR) is 156 cm³/mol. The van der Waals surface area contributed by atoms with E-state index in [0.717, 1.165) is 0 Å². The zero-order chi connectivity index (χ0) is 43.9. The average molecular weight is 1070 g/mol. The Balaban J connectivity index is 0.00000900. The van der Waals surface area contributed by atoms with E-state index in [-0.39, 0.29) is 27.3 Å². The smallest absolute Gasteiger partial charge is 0.194 e. The Morgan fingerprint density at radius 2 is 0.310 bits per heavy atom. The quantitative estimate of drug-likeness (QED) is 0.141. The van der Waals surface area contributed by atoms with Crippen LogP contribution in [-0.2, 0) is 49.4 Å². The minimum Gasteiger partial charge on any atom is -0.194 e. The average Bonchev–Trinajstić information content (AvgIpc) is 3.01. The van der Waals surface area contributed by atoms with Crippen LogP contribution >= 0.6 is 0 Å². The summed E-state index contributed by atoms with van der Waals surface area (Å²) in [6.45, 7) is 0. The fourth-order valence-electron chi connectivity index (χ4n) is 6.07. The van der Waals surface area contributed by atoms with Gasteiger partial charge in [0.2, 0.25) is 0 Å². The van der Waals surface area contributed by atoms with Crippen molar-refractivity contribution in [1.29, 1.82) is 0 Å². The number of benzene rings is 4. The van der Waals surface area contributed by atoms with Gasteiger partial charge in [-0.15, -0.1) is 0 Å². The summed E-state index contributed by atoms with van der Waals surface area (Å²) in [5.74, 6) is 0. The van der Waals surface area contributed by atoms with E-state index in [1.54, 1.807) is 0 Å². The first-order chi connectivity index (χ1) is 25.3. The van der Waals surface area contributed by atoms with Crippen molar-refractivity contribution in [3.8, 4) is 0 Å². The van der Waals surface area contributed by atoms with Gasteiger partial charge in [-0.05, 0) is 24.3 Å². The molecule has 0 bridgehead atoms. The monoisotopic (exact) mass is 1070 g/mol. The molecule has 0 spiro atoms. The van der Waals surface area contributed by atoms with Gasteiger partial charge >= 0.3 is 76.7 Å². The van der Waals surface area contributed by atoms with Gasteiger partial charge in [-0.1, -0.05) is 48.5 Å². The number of hydrogen-bond acceptors (Lipinski definition) is 0. The standard InChI is InChI=1S/C32H12BF24.Tl/c34-25(35,36)13-1-14(26(37,38)39)6-21(5-13)33(22-7-15(27(40,41)42)2-16(8-22)28(43,44)45,23-9-17(29(46,47)48)3-18(10-23)30(49,50)51)24-11-19(31(52,53)54)4-20(12-24)32(55,56)57;/h1-12H;/q-1;+1. The molecule has 0 atom stereocenters. The largest absolute Gasteiger partial charge is 1.00 e. The van der Waals surface area contributed by atoms with E-state index in [4.69, 9.17) is 0 Å². The Labute approximate surface area is 326 Å². The van der Waals surface area contributed by atoms with Crippen molar-refractivity contribution in [2.45, 2.75) is 49.4 Å². The molecule has 0 heterocycles. The Morgan fingerprint density at radius 1 is 0.207 bits per heavy atom. The zero-order valence-corrected chi connectivity index (χ0v) is 31.6. The SMILES string of the molecule is FC(F)(F)c1cc([B-](c2cc(C(F)(F)F)cc(C(F)(F)F)c2)(c2cc(C(F)(F)F)cc(C(F)(F)F)c2)c2cc(C(F)(F)F)cc(C(F)(F)F)c2)cc(C(F)(F)F)c1.[Tl+]. The van der Waals surface area contributed by atoms with Gasteiger partial charge in [0.05, 0.1) is 44.5 Å². The molecule has 0 N–H and O–H groups in total. The van der Waals surface area contributed by atoms with Crippen molar-refractivity contribution in [3.63, 3.8) is 0 Å². The molecule has 4 aromatic carbocycles. The fraction of sp³-hybridized carbons (Fsp3) is 0.250. The van der Waals surface area contributed by atoms with Gasteiger partial charge in [-0.2, -0.15) is 127 Å². The maximum atomic E-state index is 14.2. The van der Waals surface area contributed by atoms with Crippen LogP contribution in [0.2, 0.25) is 0 Å². The number of rotatable bonds is 4. The molecule has 26 heteroatoms. The Morgan fingerprint density at radius 3 is 0.397 bits per heavy atom. The Kier molecular flexibility index (Phi) is 12.6. The van der Waals surface area contributed by atoms with Crippen LogP contribution in [0.4, 0.5) is 105 Å². The van der Waals surface area contributed by atoms with Gasteiger partial charge in [-0.3, -0.25) is 0 Å². The van der Waals surface area contributed by atoms with E-state index in [1.807, 2.05) is 0 Å². The maximum absolute atomic E-state index is 14.2. The second-order valence-corrected chi connectivity index (χ2v) is 12.2. The van der Waals surface area contributed by atoms with Crippen molar-refractivity contribution >= 4 is 55.3 Å². The molecule has 0 fully saturated rings. The minimum atomic E-state index is -6.13. The van der Waals surface area contributed by atoms with E-state index in [0.29, 0.717) is 0 Å². The molecule has 0 saturated carbocycles. The first-order valence-electron chi connectivity index (χ1n) is 14.6. The molecule has 58 heavy (non-hydrogen) atoms. The number of alkyl halides is 24. The fourth-order valence-corrected chi connectivity index (χ4v) is 6.07. The van der Waals surface area contributed by atoms with Crippen molar-refractivity contribution in [2.24, 2.45) is 0 Å². The van der Waals surface area contributed by atoms with Crippen LogP contribution in [0.3, 0.4) is 0 Å². The van der Waals surface area contributed by atoms with Gasteiger partial charge in [-0.25, -0.2) is 0 Å². The van der Waals surface area contributed by atoms with E-state index < -0.39 is 195 Å². The molecule has 4 aromatic rings. The molecular weight excluding hydrogens is 1060 g/mol. The van der Waals surface area contributed by atoms with Crippen molar-refractivity contribution < 1.29 is 105 Å². The van der Waals surface area contributed by atoms with Gasteiger partial charge in [0, 0.05) is 0 Å². The third kappa shape index (κ3) is 10.1. The number of halogens is 24. The normalized spacial score (nSPS) is 14.1. The molecule has 0 amide bonds. The predicted octanol–water partition coefficient (Wildman–Crippen LogP) is 10.8. The molecule has 0 aromatic heterocycles. The second kappa shape index (κ2) is 15.0. The maximum Gasteiger partial charge on any atom is 1.00 e. The van der Waals surface area contributed by atoms with Crippen LogP contribution in [0.15, 0.2) is 72.8 Å². The number of hydrogen-bond donors (Lipinski definition) is 0. The van der Waals surface area contributed by atoms with Crippen LogP contribution in [-0.4, -0.2) is 33.4 Å². The summed E-state index contributed by atoms with van der Waals surface area (Å²) >= 11 is 0. The first-order valence-corrected chi connectivity index (χ1v) is 14.6. The molecule has 4 rings (SSSR count). The first kappa shape index (κ1) is 48.6. The molecular formula is C32H12BF24Tl. The zero-order valence-electron chi connectivity index (χ0n) is 27.2. The molecule has 0 aliphatic heterocycles. The van der Waals surface area contributed by atoms with Gasteiger partial charge < -0.3 is 0 Å². The summed E-state index contributed by atoms with van der Waals surface area (Å²) in [6, 6.07) is -8.81. The molecule has 0 aliphatic rings. The van der Waals surface area contributed by atoms with Crippen LogP contribution in [0, 0.1) is 0 Å². The summed E-state index contributed by atoms with van der Waals surface area (Å²) < 4.78 is 341. The summed E-state index contributed by atoms with van der Waals surface area (Å²) in [6.07, 6.45) is -54.8. The van der Waals surface area contributed by atoms with Gasteiger partial charge in [0.15, 0.2) is 0 Å². The topological polar surface area (TPSA) is 0 Å². The third-order valence-corrected chi connectivity index (χ3v) is 8.44. The molecule has 314 valence electrons. The van der Waals surface area contributed by atoms with Crippen molar-refractivity contribution in [1.82, 2.24) is 0 Å². The van der Waals surface area contributed by atoms with Gasteiger partial charge in [0.25, 0.3) is 0 Å². The van der Waals surface area contributed by atoms with Crippen LogP contribution in [0.1, 0.15) is 44.5 Å². The molecule has 0 unspecified atom stereocenters. The third-order valence-electron chi connectivity index (χ3n) is 8.44. The van der Waals surface area contributed by atoms with E-state index in [2.05, 4.69) is 0 Å². The van der Waals surface area contributed by atoms with Gasteiger partial charge in [0.1, 0.15) is 6.15 Å².